The van der Waals surface area contributed by atoms with E-state index < -0.39 is 0 Å². The number of hydrogen-bond acceptors (Lipinski definition) is 3. The van der Waals surface area contributed by atoms with Gasteiger partial charge in [0.2, 0.25) is 0 Å². The lowest BCUT2D eigenvalue weighted by molar-refractivity contribution is 0.487. The number of ether oxygens (including phenoxy) is 1. The Kier molecular flexibility index (Phi) is 5.79. The lowest BCUT2D eigenvalue weighted by atomic mass is 9.32. The highest BCUT2D eigenvalue weighted by molar-refractivity contribution is 7.25. The van der Waals surface area contributed by atoms with E-state index in [-0.39, 0.29) is 6.71 Å². The molecular weight excluding hydrogens is 589 g/mol. The summed E-state index contributed by atoms with van der Waals surface area (Å²) in [5.74, 6) is 1.86. The Morgan fingerprint density at radius 1 is 0.511 bits per heavy atom. The summed E-state index contributed by atoms with van der Waals surface area (Å²) >= 11 is 1.86. The van der Waals surface area contributed by atoms with Crippen molar-refractivity contribution in [2.24, 2.45) is 0 Å². The highest BCUT2D eigenvalue weighted by atomic mass is 32.1. The first-order chi connectivity index (χ1) is 23.2. The summed E-state index contributed by atoms with van der Waals surface area (Å²) in [5.41, 5.74) is 13.3. The predicted molar refractivity (Wildman–Crippen MR) is 201 cm³/mol. The number of benzene rings is 7. The molecule has 2 aliphatic rings. The molecule has 10 rings (SSSR count). The molecule has 7 aromatic carbocycles. The summed E-state index contributed by atoms with van der Waals surface area (Å²) in [6.45, 7) is 2.16. The predicted octanol–water partition coefficient (Wildman–Crippen LogP) is 10.1. The van der Waals surface area contributed by atoms with Crippen molar-refractivity contribution in [1.29, 1.82) is 0 Å². The maximum absolute atomic E-state index is 6.90. The number of rotatable bonds is 3. The van der Waals surface area contributed by atoms with Gasteiger partial charge in [0.25, 0.3) is 6.71 Å². The van der Waals surface area contributed by atoms with Crippen molar-refractivity contribution >= 4 is 71.7 Å². The molecule has 0 unspecified atom stereocenters. The van der Waals surface area contributed by atoms with E-state index in [9.17, 15) is 0 Å². The summed E-state index contributed by atoms with van der Waals surface area (Å²) in [5, 5.41) is 2.62. The van der Waals surface area contributed by atoms with Crippen LogP contribution in [0, 0.1) is 6.92 Å². The lowest BCUT2D eigenvalue weighted by Crippen LogP contribution is -2.60. The normalized spacial score (nSPS) is 12.9. The van der Waals surface area contributed by atoms with Gasteiger partial charge in [0.15, 0.2) is 0 Å². The van der Waals surface area contributed by atoms with Crippen LogP contribution in [0.25, 0.3) is 42.4 Å². The zero-order valence-corrected chi connectivity index (χ0v) is 26.6. The van der Waals surface area contributed by atoms with Gasteiger partial charge >= 0.3 is 0 Å². The second kappa shape index (κ2) is 10.2. The van der Waals surface area contributed by atoms with Gasteiger partial charge in [-0.25, -0.2) is 0 Å². The Bertz CT molecular complexity index is 2520. The number of anilines is 3. The third kappa shape index (κ3) is 3.98. The molecule has 0 saturated heterocycles. The molecule has 2 aliphatic heterocycles. The van der Waals surface area contributed by atoms with Gasteiger partial charge in [-0.2, -0.15) is 0 Å². The van der Waals surface area contributed by atoms with Crippen LogP contribution in [0.5, 0.6) is 11.5 Å². The summed E-state index contributed by atoms with van der Waals surface area (Å²) in [7, 11) is 0. The summed E-state index contributed by atoms with van der Waals surface area (Å²) < 4.78 is 9.51. The van der Waals surface area contributed by atoms with Crippen LogP contribution in [-0.4, -0.2) is 6.71 Å². The Morgan fingerprint density at radius 3 is 1.98 bits per heavy atom. The maximum atomic E-state index is 6.90. The highest BCUT2D eigenvalue weighted by Crippen LogP contribution is 2.45. The highest BCUT2D eigenvalue weighted by Gasteiger charge is 2.44. The number of hydrogen-bond donors (Lipinski definition) is 0. The number of fused-ring (bicyclic) bond motifs is 7. The molecule has 1 aromatic heterocycles. The molecule has 2 nitrogen and oxygen atoms in total. The van der Waals surface area contributed by atoms with Gasteiger partial charge < -0.3 is 9.64 Å². The van der Waals surface area contributed by atoms with Crippen LogP contribution in [0.15, 0.2) is 152 Å². The molecule has 0 saturated carbocycles. The molecule has 47 heavy (non-hydrogen) atoms. The van der Waals surface area contributed by atoms with E-state index >= 15 is 0 Å². The molecule has 8 aromatic rings. The molecule has 0 atom stereocenters. The third-order valence-corrected chi connectivity index (χ3v) is 10.9. The van der Waals surface area contributed by atoms with Crippen LogP contribution < -0.4 is 26.0 Å². The van der Waals surface area contributed by atoms with Crippen LogP contribution in [0.4, 0.5) is 17.1 Å². The Balaban J connectivity index is 1.31. The van der Waals surface area contributed by atoms with Crippen molar-refractivity contribution in [3.05, 3.63) is 157 Å². The Morgan fingerprint density at radius 2 is 1.19 bits per heavy atom. The van der Waals surface area contributed by atoms with Crippen molar-refractivity contribution in [3.63, 3.8) is 0 Å². The maximum Gasteiger partial charge on any atom is 0.258 e. The fraction of sp³-hybridized carbons (Fsp3) is 0.0233. The minimum atomic E-state index is -0.0172. The van der Waals surface area contributed by atoms with Gasteiger partial charge in [0.05, 0.1) is 0 Å². The molecule has 220 valence electrons. The largest absolute Gasteiger partial charge is 0.458 e. The zero-order valence-electron chi connectivity index (χ0n) is 25.8. The molecule has 0 radical (unpaired) electrons. The molecule has 0 bridgehead atoms. The first kappa shape index (κ1) is 26.6. The molecule has 0 N–H and O–H groups in total. The van der Waals surface area contributed by atoms with Crippen LogP contribution in [0.3, 0.4) is 0 Å². The molecule has 0 fully saturated rings. The lowest BCUT2D eigenvalue weighted by Gasteiger charge is -2.41. The molecule has 3 heterocycles. The van der Waals surface area contributed by atoms with Crippen molar-refractivity contribution in [3.8, 4) is 33.8 Å². The van der Waals surface area contributed by atoms with Gasteiger partial charge in [0.1, 0.15) is 11.5 Å². The average Bonchev–Trinajstić information content (AvgIpc) is 3.49. The van der Waals surface area contributed by atoms with Crippen LogP contribution in [0.1, 0.15) is 5.56 Å². The molecule has 0 amide bonds. The monoisotopic (exact) mass is 617 g/mol. The second-order valence-corrected chi connectivity index (χ2v) is 13.6. The van der Waals surface area contributed by atoms with E-state index in [0.717, 1.165) is 17.2 Å². The molecule has 4 heteroatoms. The standard InChI is InChI=1S/C43H28BNOS/c1-27-24-36-43-38(25-27)46-37-20-11-18-32(29-14-6-3-7-15-29)42(37)44(43)41-31(28-12-4-2-5-13-28)17-10-19-35(41)45(36)30-22-23-34-33-16-8-9-21-39(33)47-40(34)26-30/h2-26H,1H3. The minimum absolute atomic E-state index is 0.0172. The molecular formula is C43H28BNOS. The SMILES string of the molecule is Cc1cc2c3c(c1)N(c1ccc4c(c1)sc1ccccc14)c1cccc(-c4ccccc4)c1B3c1c(cccc1-c1ccccc1)O2. The third-order valence-electron chi connectivity index (χ3n) is 9.77. The zero-order chi connectivity index (χ0) is 31.1. The van der Waals surface area contributed by atoms with Crippen molar-refractivity contribution in [2.45, 2.75) is 6.92 Å². The van der Waals surface area contributed by atoms with E-state index in [1.54, 1.807) is 0 Å². The number of nitrogens with zero attached hydrogens (tertiary/aromatic N) is 1. The first-order valence-corrected chi connectivity index (χ1v) is 16.9. The number of thiophene rings is 1. The Labute approximate surface area is 278 Å². The van der Waals surface area contributed by atoms with E-state index in [2.05, 4.69) is 163 Å². The minimum Gasteiger partial charge on any atom is -0.458 e. The van der Waals surface area contributed by atoms with Crippen molar-refractivity contribution in [1.82, 2.24) is 0 Å². The number of aryl methyl sites for hydroxylation is 1. The van der Waals surface area contributed by atoms with Crippen molar-refractivity contribution < 1.29 is 4.74 Å². The quantitative estimate of drug-likeness (QED) is 0.183. The smallest absolute Gasteiger partial charge is 0.258 e. The fourth-order valence-corrected chi connectivity index (χ4v) is 8.98. The van der Waals surface area contributed by atoms with Gasteiger partial charge in [-0.05, 0) is 93.6 Å². The van der Waals surface area contributed by atoms with Gasteiger partial charge in [-0.1, -0.05) is 109 Å². The van der Waals surface area contributed by atoms with Gasteiger partial charge in [0, 0.05) is 37.2 Å². The Hall–Kier alpha value is -5.58. The van der Waals surface area contributed by atoms with Gasteiger partial charge in [-0.3, -0.25) is 0 Å². The van der Waals surface area contributed by atoms with Crippen LogP contribution in [0.2, 0.25) is 0 Å². The average molecular weight is 618 g/mol. The van der Waals surface area contributed by atoms with Crippen molar-refractivity contribution in [2.75, 3.05) is 4.90 Å². The summed E-state index contributed by atoms with van der Waals surface area (Å²) in [6, 6.07) is 55.2. The van der Waals surface area contributed by atoms with Crippen LogP contribution >= 0.6 is 11.3 Å². The fourth-order valence-electron chi connectivity index (χ4n) is 7.84. The molecule has 0 spiro atoms. The molecule has 0 aliphatic carbocycles. The van der Waals surface area contributed by atoms with Crippen LogP contribution in [-0.2, 0) is 0 Å². The van der Waals surface area contributed by atoms with E-state index in [0.29, 0.717) is 0 Å². The van der Waals surface area contributed by atoms with E-state index in [4.69, 9.17) is 4.74 Å². The topological polar surface area (TPSA) is 12.5 Å². The summed E-state index contributed by atoms with van der Waals surface area (Å²) in [4.78, 5) is 2.48. The van der Waals surface area contributed by atoms with E-state index in [1.165, 1.54) is 75.8 Å². The first-order valence-electron chi connectivity index (χ1n) is 16.1. The second-order valence-electron chi connectivity index (χ2n) is 12.5. The summed E-state index contributed by atoms with van der Waals surface area (Å²) in [6.07, 6.45) is 0. The van der Waals surface area contributed by atoms with E-state index in [1.807, 2.05) is 11.3 Å². The van der Waals surface area contributed by atoms with Gasteiger partial charge in [-0.15, -0.1) is 11.3 Å².